The minimum absolute atomic E-state index is 0.0197. The third-order valence-electron chi connectivity index (χ3n) is 4.96. The molecule has 0 spiro atoms. The number of benzene rings is 2. The summed E-state index contributed by atoms with van der Waals surface area (Å²) < 4.78 is 11.3. The van der Waals surface area contributed by atoms with Gasteiger partial charge in [0, 0.05) is 24.9 Å². The van der Waals surface area contributed by atoms with Crippen molar-refractivity contribution in [2.45, 2.75) is 32.3 Å². The van der Waals surface area contributed by atoms with Crippen molar-refractivity contribution in [3.63, 3.8) is 0 Å². The van der Waals surface area contributed by atoms with E-state index in [2.05, 4.69) is 5.32 Å². The van der Waals surface area contributed by atoms with Gasteiger partial charge in [0.15, 0.2) is 0 Å². The number of rotatable bonds is 8. The van der Waals surface area contributed by atoms with E-state index < -0.39 is 0 Å². The average Bonchev–Trinajstić information content (AvgIpc) is 3.26. The molecule has 0 radical (unpaired) electrons. The number of hydrogen-bond acceptors (Lipinski definition) is 4. The first-order valence-electron chi connectivity index (χ1n) is 10.0. The Morgan fingerprint density at radius 1 is 1.17 bits per heavy atom. The summed E-state index contributed by atoms with van der Waals surface area (Å²) in [7, 11) is 1.62. The second-order valence-electron chi connectivity index (χ2n) is 7.19. The number of nitrogens with zero attached hydrogens (tertiary/aromatic N) is 1. The number of carbonyl (C=O) groups excluding carboxylic acids is 2. The van der Waals surface area contributed by atoms with Crippen LogP contribution in [0.5, 0.6) is 5.75 Å². The Morgan fingerprint density at radius 2 is 1.93 bits per heavy atom. The van der Waals surface area contributed by atoms with Crippen LogP contribution >= 0.6 is 0 Å². The van der Waals surface area contributed by atoms with Crippen LogP contribution in [0.1, 0.15) is 35.7 Å². The lowest BCUT2D eigenvalue weighted by atomic mass is 10.1. The SMILES string of the molecule is CCc1ccccc1NC(=O)CN(C)C(=O)c1ccc(OCC2CCCO2)cc1. The molecule has 154 valence electrons. The third kappa shape index (κ3) is 5.81. The zero-order valence-electron chi connectivity index (χ0n) is 17.0. The summed E-state index contributed by atoms with van der Waals surface area (Å²) in [6.45, 7) is 3.33. The molecule has 3 rings (SSSR count). The molecule has 6 heteroatoms. The second-order valence-corrected chi connectivity index (χ2v) is 7.19. The van der Waals surface area contributed by atoms with Crippen LogP contribution in [-0.2, 0) is 16.0 Å². The zero-order chi connectivity index (χ0) is 20.6. The molecule has 2 aromatic carbocycles. The quantitative estimate of drug-likeness (QED) is 0.741. The van der Waals surface area contributed by atoms with E-state index in [1.165, 1.54) is 4.90 Å². The molecule has 2 amide bonds. The van der Waals surface area contributed by atoms with Gasteiger partial charge in [-0.1, -0.05) is 25.1 Å². The third-order valence-corrected chi connectivity index (χ3v) is 4.96. The fourth-order valence-corrected chi connectivity index (χ4v) is 3.31. The van der Waals surface area contributed by atoms with Gasteiger partial charge < -0.3 is 19.7 Å². The molecule has 6 nitrogen and oxygen atoms in total. The molecular weight excluding hydrogens is 368 g/mol. The van der Waals surface area contributed by atoms with E-state index in [0.717, 1.165) is 37.1 Å². The number of aryl methyl sites for hydroxylation is 1. The molecule has 1 saturated heterocycles. The van der Waals surface area contributed by atoms with Gasteiger partial charge in [-0.3, -0.25) is 9.59 Å². The highest BCUT2D eigenvalue weighted by Gasteiger charge is 2.17. The fraction of sp³-hybridized carbons (Fsp3) is 0.391. The van der Waals surface area contributed by atoms with Crippen molar-refractivity contribution in [2.24, 2.45) is 0 Å². The summed E-state index contributed by atoms with van der Waals surface area (Å²) >= 11 is 0. The molecule has 2 aromatic rings. The molecule has 0 bridgehead atoms. The maximum Gasteiger partial charge on any atom is 0.254 e. The summed E-state index contributed by atoms with van der Waals surface area (Å²) in [6, 6.07) is 14.6. The van der Waals surface area contributed by atoms with Crippen LogP contribution in [0.15, 0.2) is 48.5 Å². The molecule has 1 unspecified atom stereocenters. The molecule has 0 saturated carbocycles. The van der Waals surface area contributed by atoms with Crippen molar-refractivity contribution in [1.82, 2.24) is 4.90 Å². The lowest BCUT2D eigenvalue weighted by molar-refractivity contribution is -0.116. The van der Waals surface area contributed by atoms with Gasteiger partial charge in [0.05, 0.1) is 12.6 Å². The summed E-state index contributed by atoms with van der Waals surface area (Å²) in [5.41, 5.74) is 2.36. The first-order valence-corrected chi connectivity index (χ1v) is 10.0. The maximum absolute atomic E-state index is 12.6. The topological polar surface area (TPSA) is 67.9 Å². The molecule has 1 fully saturated rings. The molecular formula is C23H28N2O4. The highest BCUT2D eigenvalue weighted by atomic mass is 16.5. The van der Waals surface area contributed by atoms with Crippen LogP contribution in [0.25, 0.3) is 0 Å². The second kappa shape index (κ2) is 10.1. The van der Waals surface area contributed by atoms with Crippen molar-refractivity contribution in [2.75, 3.05) is 32.1 Å². The zero-order valence-corrected chi connectivity index (χ0v) is 17.0. The first kappa shape index (κ1) is 20.9. The van der Waals surface area contributed by atoms with E-state index in [9.17, 15) is 9.59 Å². The van der Waals surface area contributed by atoms with Crippen LogP contribution in [-0.4, -0.2) is 49.6 Å². The van der Waals surface area contributed by atoms with Gasteiger partial charge in [-0.25, -0.2) is 0 Å². The van der Waals surface area contributed by atoms with E-state index in [1.807, 2.05) is 31.2 Å². The normalized spacial score (nSPS) is 15.7. The van der Waals surface area contributed by atoms with E-state index in [-0.39, 0.29) is 24.5 Å². The number of likely N-dealkylation sites (N-methyl/N-ethyl adjacent to an activating group) is 1. The Labute approximate surface area is 171 Å². The van der Waals surface area contributed by atoms with Gasteiger partial charge in [-0.2, -0.15) is 0 Å². The van der Waals surface area contributed by atoms with Crippen LogP contribution in [0.2, 0.25) is 0 Å². The van der Waals surface area contributed by atoms with E-state index in [4.69, 9.17) is 9.47 Å². The Hall–Kier alpha value is -2.86. The molecule has 1 aliphatic heterocycles. The highest BCUT2D eigenvalue weighted by Crippen LogP contribution is 2.18. The van der Waals surface area contributed by atoms with Crippen molar-refractivity contribution in [3.05, 3.63) is 59.7 Å². The predicted octanol–water partition coefficient (Wildman–Crippen LogP) is 3.52. The van der Waals surface area contributed by atoms with Crippen molar-refractivity contribution in [3.8, 4) is 5.75 Å². The summed E-state index contributed by atoms with van der Waals surface area (Å²) in [5, 5.41) is 2.89. The Balaban J connectivity index is 1.51. The molecule has 0 aliphatic carbocycles. The van der Waals surface area contributed by atoms with E-state index >= 15 is 0 Å². The largest absolute Gasteiger partial charge is 0.491 e. The number of amides is 2. The highest BCUT2D eigenvalue weighted by molar-refractivity contribution is 5.99. The van der Waals surface area contributed by atoms with Gasteiger partial charge >= 0.3 is 0 Å². The lowest BCUT2D eigenvalue weighted by Gasteiger charge is -2.18. The van der Waals surface area contributed by atoms with Gasteiger partial charge in [0.2, 0.25) is 5.91 Å². The molecule has 1 atom stereocenters. The Kier molecular flexibility index (Phi) is 7.25. The van der Waals surface area contributed by atoms with E-state index in [0.29, 0.717) is 17.9 Å². The summed E-state index contributed by atoms with van der Waals surface area (Å²) in [4.78, 5) is 26.4. The summed E-state index contributed by atoms with van der Waals surface area (Å²) in [6.07, 6.45) is 3.07. The number of nitrogens with one attached hydrogen (secondary N) is 1. The minimum Gasteiger partial charge on any atom is -0.491 e. The van der Waals surface area contributed by atoms with Crippen molar-refractivity contribution < 1.29 is 19.1 Å². The Morgan fingerprint density at radius 3 is 2.62 bits per heavy atom. The van der Waals surface area contributed by atoms with Crippen LogP contribution < -0.4 is 10.1 Å². The van der Waals surface area contributed by atoms with Gasteiger partial charge in [0.1, 0.15) is 12.4 Å². The Bertz CT molecular complexity index is 829. The van der Waals surface area contributed by atoms with Crippen molar-refractivity contribution >= 4 is 17.5 Å². The number of ether oxygens (including phenoxy) is 2. The summed E-state index contributed by atoms with van der Waals surface area (Å²) in [5.74, 6) is 0.265. The van der Waals surface area contributed by atoms with Crippen LogP contribution in [0.3, 0.4) is 0 Å². The van der Waals surface area contributed by atoms with Gasteiger partial charge in [-0.05, 0) is 55.2 Å². The smallest absolute Gasteiger partial charge is 0.254 e. The predicted molar refractivity (Wildman–Crippen MR) is 112 cm³/mol. The molecule has 1 heterocycles. The minimum atomic E-state index is -0.224. The monoisotopic (exact) mass is 396 g/mol. The number of hydrogen-bond donors (Lipinski definition) is 1. The van der Waals surface area contributed by atoms with Gasteiger partial charge in [0.25, 0.3) is 5.91 Å². The average molecular weight is 396 g/mol. The number of para-hydroxylation sites is 1. The van der Waals surface area contributed by atoms with Gasteiger partial charge in [-0.15, -0.1) is 0 Å². The van der Waals surface area contributed by atoms with Crippen molar-refractivity contribution in [1.29, 1.82) is 0 Å². The standard InChI is InChI=1S/C23H28N2O4/c1-3-17-7-4-5-9-21(17)24-22(26)15-25(2)23(27)18-10-12-19(13-11-18)29-16-20-8-6-14-28-20/h4-5,7,9-13,20H,3,6,8,14-16H2,1-2H3,(H,24,26). The lowest BCUT2D eigenvalue weighted by Crippen LogP contribution is -2.35. The molecule has 0 aromatic heterocycles. The molecule has 1 aliphatic rings. The number of carbonyl (C=O) groups is 2. The molecule has 29 heavy (non-hydrogen) atoms. The fourth-order valence-electron chi connectivity index (χ4n) is 3.31. The molecule has 1 N–H and O–H groups in total. The number of anilines is 1. The van der Waals surface area contributed by atoms with Crippen LogP contribution in [0.4, 0.5) is 5.69 Å². The van der Waals surface area contributed by atoms with E-state index in [1.54, 1.807) is 31.3 Å². The first-order chi connectivity index (χ1) is 14.1. The van der Waals surface area contributed by atoms with Crippen LogP contribution in [0, 0.1) is 0 Å². The maximum atomic E-state index is 12.6.